The Hall–Kier alpha value is -2.90. The monoisotopic (exact) mass is 372 g/mol. The molecule has 1 unspecified atom stereocenters. The SMILES string of the molecule is CC(C)c1noc(Cc2ccc(NC(=O)N3CCCC(C(=O)O)C3)cc2)n1. The van der Waals surface area contributed by atoms with Crippen molar-refractivity contribution in [1.29, 1.82) is 0 Å². The molecule has 8 nitrogen and oxygen atoms in total. The second kappa shape index (κ2) is 8.20. The van der Waals surface area contributed by atoms with Crippen LogP contribution in [0.25, 0.3) is 0 Å². The minimum absolute atomic E-state index is 0.218. The number of carboxylic acid groups (broad SMARTS) is 1. The zero-order valence-corrected chi connectivity index (χ0v) is 15.5. The Morgan fingerprint density at radius 1 is 1.33 bits per heavy atom. The molecule has 0 saturated carbocycles. The van der Waals surface area contributed by atoms with Crippen molar-refractivity contribution in [3.05, 3.63) is 41.5 Å². The lowest BCUT2D eigenvalue weighted by Gasteiger charge is -2.30. The van der Waals surface area contributed by atoms with Crippen LogP contribution in [0.2, 0.25) is 0 Å². The van der Waals surface area contributed by atoms with E-state index in [0.717, 1.165) is 5.56 Å². The first-order chi connectivity index (χ1) is 12.9. The van der Waals surface area contributed by atoms with E-state index >= 15 is 0 Å². The maximum Gasteiger partial charge on any atom is 0.321 e. The Morgan fingerprint density at radius 2 is 2.07 bits per heavy atom. The van der Waals surface area contributed by atoms with Gasteiger partial charge in [-0.3, -0.25) is 4.79 Å². The topological polar surface area (TPSA) is 109 Å². The van der Waals surface area contributed by atoms with Crippen molar-refractivity contribution in [2.24, 2.45) is 5.92 Å². The number of piperidine rings is 1. The maximum atomic E-state index is 12.4. The Bertz CT molecular complexity index is 800. The number of benzene rings is 1. The molecule has 1 aliphatic rings. The number of rotatable bonds is 5. The summed E-state index contributed by atoms with van der Waals surface area (Å²) < 4.78 is 5.25. The molecule has 0 spiro atoms. The molecule has 1 saturated heterocycles. The molecule has 1 aliphatic heterocycles. The van der Waals surface area contributed by atoms with Crippen LogP contribution in [0.15, 0.2) is 28.8 Å². The third kappa shape index (κ3) is 4.84. The van der Waals surface area contributed by atoms with Crippen molar-refractivity contribution >= 4 is 17.7 Å². The number of aliphatic carboxylic acids is 1. The van der Waals surface area contributed by atoms with Gasteiger partial charge in [-0.15, -0.1) is 0 Å². The van der Waals surface area contributed by atoms with Crippen LogP contribution in [-0.2, 0) is 11.2 Å². The van der Waals surface area contributed by atoms with E-state index in [-0.39, 0.29) is 18.5 Å². The lowest BCUT2D eigenvalue weighted by molar-refractivity contribution is -0.143. The number of urea groups is 1. The van der Waals surface area contributed by atoms with Crippen molar-refractivity contribution in [2.45, 2.75) is 39.0 Å². The predicted octanol–water partition coefficient (Wildman–Crippen LogP) is 3.11. The molecule has 3 rings (SSSR count). The number of aromatic nitrogens is 2. The van der Waals surface area contributed by atoms with Crippen LogP contribution in [0.4, 0.5) is 10.5 Å². The Morgan fingerprint density at radius 3 is 2.70 bits per heavy atom. The molecule has 0 aliphatic carbocycles. The van der Waals surface area contributed by atoms with Crippen molar-refractivity contribution in [1.82, 2.24) is 15.0 Å². The van der Waals surface area contributed by atoms with Crippen LogP contribution >= 0.6 is 0 Å². The molecule has 2 N–H and O–H groups in total. The molecule has 1 aromatic heterocycles. The summed E-state index contributed by atoms with van der Waals surface area (Å²) in [5.74, 6) is 0.129. The molecule has 8 heteroatoms. The van der Waals surface area contributed by atoms with Gasteiger partial charge in [0.2, 0.25) is 5.89 Å². The molecule has 2 heterocycles. The van der Waals surface area contributed by atoms with Crippen molar-refractivity contribution in [3.63, 3.8) is 0 Å². The van der Waals surface area contributed by atoms with Gasteiger partial charge < -0.3 is 19.8 Å². The van der Waals surface area contributed by atoms with Crippen LogP contribution in [0.5, 0.6) is 0 Å². The summed E-state index contributed by atoms with van der Waals surface area (Å²) in [4.78, 5) is 29.4. The van der Waals surface area contributed by atoms with Crippen molar-refractivity contribution < 1.29 is 19.2 Å². The zero-order valence-electron chi connectivity index (χ0n) is 15.5. The van der Waals surface area contributed by atoms with Gasteiger partial charge in [0.25, 0.3) is 0 Å². The summed E-state index contributed by atoms with van der Waals surface area (Å²) in [5, 5.41) is 15.9. The number of hydrogen-bond donors (Lipinski definition) is 2. The largest absolute Gasteiger partial charge is 0.481 e. The molecule has 27 heavy (non-hydrogen) atoms. The number of hydrogen-bond acceptors (Lipinski definition) is 5. The van der Waals surface area contributed by atoms with Crippen LogP contribution in [0.3, 0.4) is 0 Å². The van der Waals surface area contributed by atoms with Crippen LogP contribution in [0.1, 0.15) is 49.9 Å². The zero-order chi connectivity index (χ0) is 19.4. The Kier molecular flexibility index (Phi) is 5.73. The van der Waals surface area contributed by atoms with Gasteiger partial charge >= 0.3 is 12.0 Å². The summed E-state index contributed by atoms with van der Waals surface area (Å²) in [6.45, 7) is 4.83. The van der Waals surface area contributed by atoms with Gasteiger partial charge in [-0.1, -0.05) is 31.1 Å². The van der Waals surface area contributed by atoms with E-state index in [0.29, 0.717) is 43.2 Å². The second-order valence-electron chi connectivity index (χ2n) is 7.13. The van der Waals surface area contributed by atoms with Crippen molar-refractivity contribution in [3.8, 4) is 0 Å². The number of nitrogens with one attached hydrogen (secondary N) is 1. The lowest BCUT2D eigenvalue weighted by atomic mass is 9.99. The third-order valence-electron chi connectivity index (χ3n) is 4.62. The summed E-state index contributed by atoms with van der Waals surface area (Å²) in [6.07, 6.45) is 1.84. The van der Waals surface area contributed by atoms with Crippen LogP contribution in [-0.4, -0.2) is 45.2 Å². The molecule has 0 radical (unpaired) electrons. The maximum absolute atomic E-state index is 12.4. The first-order valence-corrected chi connectivity index (χ1v) is 9.12. The Balaban J connectivity index is 1.56. The minimum Gasteiger partial charge on any atom is -0.481 e. The number of likely N-dealkylation sites (tertiary alicyclic amines) is 1. The summed E-state index contributed by atoms with van der Waals surface area (Å²) in [5.41, 5.74) is 1.66. The number of nitrogens with zero attached hydrogens (tertiary/aromatic N) is 3. The molecule has 0 bridgehead atoms. The first-order valence-electron chi connectivity index (χ1n) is 9.12. The van der Waals surface area contributed by atoms with Crippen LogP contribution in [0, 0.1) is 5.92 Å². The molecule has 2 aromatic rings. The van der Waals surface area contributed by atoms with E-state index in [2.05, 4.69) is 15.5 Å². The number of anilines is 1. The highest BCUT2D eigenvalue weighted by Gasteiger charge is 2.28. The number of carboxylic acids is 1. The normalized spacial score (nSPS) is 17.1. The average Bonchev–Trinajstić information content (AvgIpc) is 3.12. The summed E-state index contributed by atoms with van der Waals surface area (Å²) in [7, 11) is 0. The number of carbonyl (C=O) groups excluding carboxylic acids is 1. The Labute approximate surface area is 157 Å². The molecular weight excluding hydrogens is 348 g/mol. The standard InChI is InChI=1S/C19H24N4O4/c1-12(2)17-21-16(27-22-17)10-13-5-7-15(8-6-13)20-19(26)23-9-3-4-14(11-23)18(24)25/h5-8,12,14H,3-4,9-11H2,1-2H3,(H,20,26)(H,24,25). The number of amides is 2. The van der Waals surface area contributed by atoms with E-state index in [1.54, 1.807) is 4.90 Å². The van der Waals surface area contributed by atoms with Gasteiger partial charge in [0.1, 0.15) is 0 Å². The molecule has 1 aromatic carbocycles. The highest BCUT2D eigenvalue weighted by atomic mass is 16.5. The van der Waals surface area contributed by atoms with Gasteiger partial charge in [0.15, 0.2) is 5.82 Å². The molecule has 1 fully saturated rings. The van der Waals surface area contributed by atoms with Gasteiger partial charge in [-0.25, -0.2) is 4.79 Å². The molecule has 144 valence electrons. The highest BCUT2D eigenvalue weighted by Crippen LogP contribution is 2.19. The second-order valence-corrected chi connectivity index (χ2v) is 7.13. The van der Waals surface area contributed by atoms with Gasteiger partial charge in [0, 0.05) is 24.7 Å². The van der Waals surface area contributed by atoms with E-state index in [4.69, 9.17) is 9.63 Å². The fraction of sp³-hybridized carbons (Fsp3) is 0.474. The first kappa shape index (κ1) is 18.9. The quantitative estimate of drug-likeness (QED) is 0.835. The van der Waals surface area contributed by atoms with Gasteiger partial charge in [0.05, 0.1) is 12.3 Å². The minimum atomic E-state index is -0.849. The van der Waals surface area contributed by atoms with Crippen molar-refractivity contribution in [2.75, 3.05) is 18.4 Å². The number of carbonyl (C=O) groups is 2. The molecular formula is C19H24N4O4. The summed E-state index contributed by atoms with van der Waals surface area (Å²) in [6, 6.07) is 7.14. The molecule has 1 atom stereocenters. The highest BCUT2D eigenvalue weighted by molar-refractivity contribution is 5.89. The predicted molar refractivity (Wildman–Crippen MR) is 98.6 cm³/mol. The molecule has 2 amide bonds. The lowest BCUT2D eigenvalue weighted by Crippen LogP contribution is -2.44. The average molecular weight is 372 g/mol. The van der Waals surface area contributed by atoms with E-state index in [1.807, 2.05) is 38.1 Å². The fourth-order valence-corrected chi connectivity index (χ4v) is 3.02. The third-order valence-corrected chi connectivity index (χ3v) is 4.62. The fourth-order valence-electron chi connectivity index (χ4n) is 3.02. The van der Waals surface area contributed by atoms with E-state index in [9.17, 15) is 9.59 Å². The van der Waals surface area contributed by atoms with E-state index < -0.39 is 11.9 Å². The van der Waals surface area contributed by atoms with Gasteiger partial charge in [-0.05, 0) is 30.5 Å². The summed E-state index contributed by atoms with van der Waals surface area (Å²) >= 11 is 0. The van der Waals surface area contributed by atoms with Gasteiger partial charge in [-0.2, -0.15) is 4.98 Å². The van der Waals surface area contributed by atoms with E-state index in [1.165, 1.54) is 0 Å². The smallest absolute Gasteiger partial charge is 0.321 e. The van der Waals surface area contributed by atoms with Crippen LogP contribution < -0.4 is 5.32 Å².